The highest BCUT2D eigenvalue weighted by Gasteiger charge is 2.34. The van der Waals surface area contributed by atoms with Gasteiger partial charge in [0.15, 0.2) is 0 Å². The molecule has 0 atom stereocenters. The van der Waals surface area contributed by atoms with Crippen LogP contribution in [0.3, 0.4) is 0 Å². The molecule has 0 fully saturated rings. The SMILES string of the molecule is CCOC(=O)C(C)(C)c1csc(-c2ccc(Br)cc2Cl)n1. The van der Waals surface area contributed by atoms with Crippen LogP contribution in [0, 0.1) is 0 Å². The van der Waals surface area contributed by atoms with Crippen molar-refractivity contribution in [2.24, 2.45) is 0 Å². The van der Waals surface area contributed by atoms with Gasteiger partial charge in [-0.15, -0.1) is 11.3 Å². The number of nitrogens with zero attached hydrogens (tertiary/aromatic N) is 1. The predicted octanol–water partition coefficient (Wildman–Crippen LogP) is 5.07. The summed E-state index contributed by atoms with van der Waals surface area (Å²) in [6.07, 6.45) is 0. The van der Waals surface area contributed by atoms with Crippen molar-refractivity contribution in [3.8, 4) is 10.6 Å². The minimum atomic E-state index is -0.771. The van der Waals surface area contributed by atoms with Crippen molar-refractivity contribution >= 4 is 44.8 Å². The summed E-state index contributed by atoms with van der Waals surface area (Å²) in [5.41, 5.74) is 0.780. The number of rotatable bonds is 4. The van der Waals surface area contributed by atoms with Crippen molar-refractivity contribution in [3.05, 3.63) is 38.8 Å². The molecule has 0 aliphatic carbocycles. The first-order valence-corrected chi connectivity index (χ1v) is 8.50. The summed E-state index contributed by atoms with van der Waals surface area (Å²) in [6.45, 7) is 5.78. The fourth-order valence-electron chi connectivity index (χ4n) is 1.76. The molecular formula is C15H15BrClNO2S. The Morgan fingerprint density at radius 2 is 2.19 bits per heavy atom. The number of thiazole rings is 1. The Bertz CT molecular complexity index is 669. The van der Waals surface area contributed by atoms with Crippen LogP contribution in [0.15, 0.2) is 28.1 Å². The maximum absolute atomic E-state index is 12.0. The van der Waals surface area contributed by atoms with E-state index in [2.05, 4.69) is 20.9 Å². The molecule has 1 aromatic carbocycles. The topological polar surface area (TPSA) is 39.2 Å². The van der Waals surface area contributed by atoms with E-state index in [9.17, 15) is 4.79 Å². The van der Waals surface area contributed by atoms with E-state index in [1.165, 1.54) is 11.3 Å². The van der Waals surface area contributed by atoms with Crippen molar-refractivity contribution in [1.82, 2.24) is 4.98 Å². The van der Waals surface area contributed by atoms with Gasteiger partial charge in [-0.05, 0) is 39.0 Å². The number of hydrogen-bond acceptors (Lipinski definition) is 4. The first-order chi connectivity index (χ1) is 9.86. The van der Waals surface area contributed by atoms with Gasteiger partial charge in [-0.1, -0.05) is 27.5 Å². The molecule has 1 aromatic heterocycles. The summed E-state index contributed by atoms with van der Waals surface area (Å²) >= 11 is 11.1. The average Bonchev–Trinajstić information content (AvgIpc) is 2.89. The van der Waals surface area contributed by atoms with E-state index in [0.29, 0.717) is 17.3 Å². The third-order valence-corrected chi connectivity index (χ3v) is 4.77. The van der Waals surface area contributed by atoms with Gasteiger partial charge in [-0.25, -0.2) is 4.98 Å². The van der Waals surface area contributed by atoms with Gasteiger partial charge in [-0.2, -0.15) is 0 Å². The molecule has 0 amide bonds. The van der Waals surface area contributed by atoms with Gasteiger partial charge in [0.25, 0.3) is 0 Å². The fraction of sp³-hybridized carbons (Fsp3) is 0.333. The monoisotopic (exact) mass is 387 g/mol. The quantitative estimate of drug-likeness (QED) is 0.687. The van der Waals surface area contributed by atoms with Gasteiger partial charge in [-0.3, -0.25) is 4.79 Å². The van der Waals surface area contributed by atoms with E-state index in [-0.39, 0.29) is 5.97 Å². The molecule has 0 spiro atoms. The summed E-state index contributed by atoms with van der Waals surface area (Å²) in [6, 6.07) is 5.65. The average molecular weight is 389 g/mol. The van der Waals surface area contributed by atoms with Crippen LogP contribution >= 0.6 is 38.9 Å². The second-order valence-electron chi connectivity index (χ2n) is 5.01. The van der Waals surface area contributed by atoms with Gasteiger partial charge in [0, 0.05) is 15.4 Å². The van der Waals surface area contributed by atoms with Gasteiger partial charge in [0.1, 0.15) is 10.4 Å². The van der Waals surface area contributed by atoms with Crippen molar-refractivity contribution < 1.29 is 9.53 Å². The van der Waals surface area contributed by atoms with Gasteiger partial charge in [0.05, 0.1) is 17.3 Å². The largest absolute Gasteiger partial charge is 0.465 e. The molecule has 0 radical (unpaired) electrons. The lowest BCUT2D eigenvalue weighted by Gasteiger charge is -2.19. The first kappa shape index (κ1) is 16.5. The van der Waals surface area contributed by atoms with Crippen LogP contribution < -0.4 is 0 Å². The van der Waals surface area contributed by atoms with Crippen LogP contribution in [0.25, 0.3) is 10.6 Å². The molecule has 6 heteroatoms. The lowest BCUT2D eigenvalue weighted by molar-refractivity contribution is -0.148. The molecule has 0 unspecified atom stereocenters. The second-order valence-corrected chi connectivity index (χ2v) is 7.19. The predicted molar refractivity (Wildman–Crippen MR) is 89.9 cm³/mol. The number of halogens is 2. The van der Waals surface area contributed by atoms with Crippen molar-refractivity contribution in [2.75, 3.05) is 6.61 Å². The van der Waals surface area contributed by atoms with Gasteiger partial charge in [0.2, 0.25) is 0 Å². The minimum absolute atomic E-state index is 0.274. The third-order valence-electron chi connectivity index (χ3n) is 3.09. The highest BCUT2D eigenvalue weighted by Crippen LogP contribution is 2.35. The summed E-state index contributed by atoms with van der Waals surface area (Å²) in [5, 5.41) is 3.30. The van der Waals surface area contributed by atoms with E-state index >= 15 is 0 Å². The van der Waals surface area contributed by atoms with E-state index in [0.717, 1.165) is 15.0 Å². The smallest absolute Gasteiger partial charge is 0.317 e. The van der Waals surface area contributed by atoms with E-state index in [1.807, 2.05) is 37.4 Å². The molecule has 2 aromatic rings. The van der Waals surface area contributed by atoms with Crippen LogP contribution in [0.5, 0.6) is 0 Å². The number of carbonyl (C=O) groups is 1. The Kier molecular flexibility index (Phi) is 5.07. The molecule has 112 valence electrons. The second kappa shape index (κ2) is 6.46. The zero-order valence-electron chi connectivity index (χ0n) is 11.9. The standard InChI is InChI=1S/C15H15BrClNO2S/c1-4-20-14(19)15(2,3)12-8-21-13(18-12)10-6-5-9(16)7-11(10)17/h5-8H,4H2,1-3H3. The number of ether oxygens (including phenoxy) is 1. The van der Waals surface area contributed by atoms with Crippen LogP contribution in [-0.4, -0.2) is 17.6 Å². The van der Waals surface area contributed by atoms with Crippen LogP contribution in [-0.2, 0) is 14.9 Å². The molecule has 0 saturated heterocycles. The molecule has 21 heavy (non-hydrogen) atoms. The molecule has 0 N–H and O–H groups in total. The maximum Gasteiger partial charge on any atom is 0.317 e. The van der Waals surface area contributed by atoms with Crippen LogP contribution in [0.4, 0.5) is 0 Å². The summed E-state index contributed by atoms with van der Waals surface area (Å²) in [5.74, 6) is -0.274. The molecule has 0 bridgehead atoms. The van der Waals surface area contributed by atoms with E-state index in [1.54, 1.807) is 6.92 Å². The Morgan fingerprint density at radius 1 is 1.48 bits per heavy atom. The minimum Gasteiger partial charge on any atom is -0.465 e. The molecule has 0 saturated carbocycles. The van der Waals surface area contributed by atoms with Crippen LogP contribution in [0.1, 0.15) is 26.5 Å². The number of aromatic nitrogens is 1. The zero-order valence-corrected chi connectivity index (χ0v) is 15.1. The normalized spacial score (nSPS) is 11.5. The van der Waals surface area contributed by atoms with Gasteiger partial charge >= 0.3 is 5.97 Å². The zero-order chi connectivity index (χ0) is 15.6. The van der Waals surface area contributed by atoms with Crippen molar-refractivity contribution in [1.29, 1.82) is 0 Å². The highest BCUT2D eigenvalue weighted by atomic mass is 79.9. The Balaban J connectivity index is 2.35. The number of esters is 1. The first-order valence-electron chi connectivity index (χ1n) is 6.45. The fourth-order valence-corrected chi connectivity index (χ4v) is 3.61. The van der Waals surface area contributed by atoms with E-state index in [4.69, 9.17) is 16.3 Å². The van der Waals surface area contributed by atoms with Crippen molar-refractivity contribution in [3.63, 3.8) is 0 Å². The molecule has 2 rings (SSSR count). The summed E-state index contributed by atoms with van der Waals surface area (Å²) in [4.78, 5) is 16.6. The van der Waals surface area contributed by atoms with E-state index < -0.39 is 5.41 Å². The number of benzene rings is 1. The lowest BCUT2D eigenvalue weighted by atomic mass is 9.90. The van der Waals surface area contributed by atoms with Crippen molar-refractivity contribution in [2.45, 2.75) is 26.2 Å². The Morgan fingerprint density at radius 3 is 2.81 bits per heavy atom. The Labute approximate surface area is 141 Å². The molecule has 1 heterocycles. The lowest BCUT2D eigenvalue weighted by Crippen LogP contribution is -2.31. The summed E-state index contributed by atoms with van der Waals surface area (Å²) in [7, 11) is 0. The molecule has 0 aliphatic rings. The maximum atomic E-state index is 12.0. The molecular weight excluding hydrogens is 374 g/mol. The van der Waals surface area contributed by atoms with Crippen LogP contribution in [0.2, 0.25) is 5.02 Å². The number of hydrogen-bond donors (Lipinski definition) is 0. The highest BCUT2D eigenvalue weighted by molar-refractivity contribution is 9.10. The number of carbonyl (C=O) groups excluding carboxylic acids is 1. The van der Waals surface area contributed by atoms with Gasteiger partial charge < -0.3 is 4.74 Å². The molecule has 0 aliphatic heterocycles. The third kappa shape index (κ3) is 3.47. The Hall–Kier alpha value is -0.910. The summed E-state index contributed by atoms with van der Waals surface area (Å²) < 4.78 is 6.03. The molecule has 3 nitrogen and oxygen atoms in total.